The van der Waals surface area contributed by atoms with Crippen LogP contribution in [0.15, 0.2) is 54.6 Å². The van der Waals surface area contributed by atoms with Crippen LogP contribution in [-0.4, -0.2) is 41.2 Å². The summed E-state index contributed by atoms with van der Waals surface area (Å²) in [6.45, 7) is 0.832. The third-order valence-electron chi connectivity index (χ3n) is 4.12. The monoisotopic (exact) mass is 340 g/mol. The number of aromatic hydroxyl groups is 1. The lowest BCUT2D eigenvalue weighted by atomic mass is 10.0. The van der Waals surface area contributed by atoms with Gasteiger partial charge in [0.2, 0.25) is 5.91 Å². The van der Waals surface area contributed by atoms with E-state index >= 15 is 0 Å². The summed E-state index contributed by atoms with van der Waals surface area (Å²) in [5.41, 5.74) is 1.26. The van der Waals surface area contributed by atoms with Crippen LogP contribution in [0.25, 0.3) is 0 Å². The highest BCUT2D eigenvalue weighted by Crippen LogP contribution is 2.23. The molecule has 6 nitrogen and oxygen atoms in total. The van der Waals surface area contributed by atoms with Crippen LogP contribution in [0.5, 0.6) is 5.75 Å². The SMILES string of the molecule is O=C(Nc1ccccc1O)C(Cc1ccccc1)N1CCCOC1=O. The first-order chi connectivity index (χ1) is 12.1. The van der Waals surface area contributed by atoms with Crippen molar-refractivity contribution in [2.24, 2.45) is 0 Å². The molecule has 1 unspecified atom stereocenters. The molecule has 25 heavy (non-hydrogen) atoms. The summed E-state index contributed by atoms with van der Waals surface area (Å²) in [6, 6.07) is 15.3. The second-order valence-electron chi connectivity index (χ2n) is 5.87. The Kier molecular flexibility index (Phi) is 5.18. The molecule has 0 saturated carbocycles. The molecular weight excluding hydrogens is 320 g/mol. The van der Waals surface area contributed by atoms with Crippen LogP contribution in [0.1, 0.15) is 12.0 Å². The number of nitrogens with zero attached hydrogens (tertiary/aromatic N) is 1. The first-order valence-corrected chi connectivity index (χ1v) is 8.21. The average molecular weight is 340 g/mol. The number of para-hydroxylation sites is 2. The zero-order chi connectivity index (χ0) is 17.6. The van der Waals surface area contributed by atoms with Gasteiger partial charge in [0.15, 0.2) is 0 Å². The number of ether oxygens (including phenoxy) is 1. The zero-order valence-corrected chi connectivity index (χ0v) is 13.7. The van der Waals surface area contributed by atoms with Gasteiger partial charge in [0.25, 0.3) is 0 Å². The zero-order valence-electron chi connectivity index (χ0n) is 13.7. The molecule has 0 aliphatic carbocycles. The van der Waals surface area contributed by atoms with Crippen molar-refractivity contribution >= 4 is 17.7 Å². The van der Waals surface area contributed by atoms with Gasteiger partial charge in [-0.05, 0) is 24.1 Å². The minimum absolute atomic E-state index is 0.0180. The number of rotatable bonds is 5. The summed E-state index contributed by atoms with van der Waals surface area (Å²) in [5, 5.41) is 12.6. The molecule has 1 aliphatic rings. The first kappa shape index (κ1) is 16.8. The number of hydrogen-bond donors (Lipinski definition) is 2. The van der Waals surface area contributed by atoms with Gasteiger partial charge in [-0.2, -0.15) is 0 Å². The van der Waals surface area contributed by atoms with E-state index in [0.717, 1.165) is 5.56 Å². The predicted molar refractivity (Wildman–Crippen MR) is 93.3 cm³/mol. The fraction of sp³-hybridized carbons (Fsp3) is 0.263. The minimum Gasteiger partial charge on any atom is -0.506 e. The van der Waals surface area contributed by atoms with Gasteiger partial charge in [0.05, 0.1) is 12.3 Å². The van der Waals surface area contributed by atoms with Crippen molar-refractivity contribution in [3.05, 3.63) is 60.2 Å². The Bertz CT molecular complexity index is 748. The molecule has 3 rings (SSSR count). The van der Waals surface area contributed by atoms with Crippen molar-refractivity contribution < 1.29 is 19.4 Å². The fourth-order valence-corrected chi connectivity index (χ4v) is 2.83. The molecule has 2 amide bonds. The van der Waals surface area contributed by atoms with Crippen LogP contribution < -0.4 is 5.32 Å². The summed E-state index contributed by atoms with van der Waals surface area (Å²) < 4.78 is 5.09. The molecule has 130 valence electrons. The van der Waals surface area contributed by atoms with Gasteiger partial charge in [-0.25, -0.2) is 4.79 Å². The van der Waals surface area contributed by atoms with E-state index in [1.54, 1.807) is 18.2 Å². The Hall–Kier alpha value is -3.02. The topological polar surface area (TPSA) is 78.9 Å². The molecule has 0 aromatic heterocycles. The van der Waals surface area contributed by atoms with E-state index < -0.39 is 12.1 Å². The molecule has 1 saturated heterocycles. The Balaban J connectivity index is 1.83. The molecule has 1 aliphatic heterocycles. The Morgan fingerprint density at radius 2 is 1.88 bits per heavy atom. The van der Waals surface area contributed by atoms with E-state index in [9.17, 15) is 14.7 Å². The molecule has 0 bridgehead atoms. The number of hydrogen-bond acceptors (Lipinski definition) is 4. The molecule has 2 N–H and O–H groups in total. The molecule has 6 heteroatoms. The number of anilines is 1. The highest BCUT2D eigenvalue weighted by atomic mass is 16.6. The van der Waals surface area contributed by atoms with E-state index in [-0.39, 0.29) is 11.7 Å². The van der Waals surface area contributed by atoms with Crippen LogP contribution in [0, 0.1) is 0 Å². The van der Waals surface area contributed by atoms with Crippen molar-refractivity contribution in [3.63, 3.8) is 0 Å². The lowest BCUT2D eigenvalue weighted by Gasteiger charge is -2.33. The standard InChI is InChI=1S/C19H20N2O4/c22-17-10-5-4-9-15(17)20-18(23)16(13-14-7-2-1-3-8-14)21-11-6-12-25-19(21)24/h1-5,7-10,16,22H,6,11-13H2,(H,20,23). The van der Waals surface area contributed by atoms with Gasteiger partial charge in [0, 0.05) is 13.0 Å². The number of phenolic OH excluding ortho intramolecular Hbond substituents is 1. The van der Waals surface area contributed by atoms with Gasteiger partial charge in [-0.15, -0.1) is 0 Å². The maximum absolute atomic E-state index is 12.8. The molecule has 1 atom stereocenters. The van der Waals surface area contributed by atoms with E-state index in [2.05, 4.69) is 5.32 Å². The average Bonchev–Trinajstić information content (AvgIpc) is 2.63. The van der Waals surface area contributed by atoms with Crippen LogP contribution in [0.3, 0.4) is 0 Å². The maximum atomic E-state index is 12.8. The van der Waals surface area contributed by atoms with Crippen molar-refractivity contribution in [1.29, 1.82) is 0 Å². The van der Waals surface area contributed by atoms with Crippen LogP contribution in [0.4, 0.5) is 10.5 Å². The number of carbonyl (C=O) groups is 2. The smallest absolute Gasteiger partial charge is 0.410 e. The number of carbonyl (C=O) groups excluding carboxylic acids is 2. The van der Waals surface area contributed by atoms with Crippen LogP contribution in [-0.2, 0) is 16.0 Å². The Labute approximate surface area is 146 Å². The number of cyclic esters (lactones) is 1. The molecule has 2 aromatic rings. The van der Waals surface area contributed by atoms with Gasteiger partial charge >= 0.3 is 6.09 Å². The van der Waals surface area contributed by atoms with E-state index in [1.807, 2.05) is 30.3 Å². The highest BCUT2D eigenvalue weighted by molar-refractivity contribution is 5.97. The molecule has 2 aromatic carbocycles. The van der Waals surface area contributed by atoms with Gasteiger partial charge in [-0.1, -0.05) is 42.5 Å². The Morgan fingerprint density at radius 3 is 2.60 bits per heavy atom. The van der Waals surface area contributed by atoms with Crippen LogP contribution >= 0.6 is 0 Å². The number of phenols is 1. The number of benzene rings is 2. The molecule has 1 heterocycles. The predicted octanol–water partition coefficient (Wildman–Crippen LogP) is 2.78. The molecule has 0 spiro atoms. The summed E-state index contributed by atoms with van der Waals surface area (Å²) >= 11 is 0. The molecule has 0 radical (unpaired) electrons. The fourth-order valence-electron chi connectivity index (χ4n) is 2.83. The van der Waals surface area contributed by atoms with Crippen molar-refractivity contribution in [3.8, 4) is 5.75 Å². The van der Waals surface area contributed by atoms with E-state index in [1.165, 1.54) is 11.0 Å². The highest BCUT2D eigenvalue weighted by Gasteiger charge is 2.33. The van der Waals surface area contributed by atoms with Crippen molar-refractivity contribution in [2.45, 2.75) is 18.9 Å². The summed E-state index contributed by atoms with van der Waals surface area (Å²) in [5.74, 6) is -0.375. The summed E-state index contributed by atoms with van der Waals surface area (Å²) in [7, 11) is 0. The number of amides is 2. The first-order valence-electron chi connectivity index (χ1n) is 8.21. The second kappa shape index (κ2) is 7.70. The number of nitrogens with one attached hydrogen (secondary N) is 1. The third kappa shape index (κ3) is 4.09. The molecule has 1 fully saturated rings. The largest absolute Gasteiger partial charge is 0.506 e. The van der Waals surface area contributed by atoms with Crippen molar-refractivity contribution in [2.75, 3.05) is 18.5 Å². The Morgan fingerprint density at radius 1 is 1.16 bits per heavy atom. The minimum atomic E-state index is -0.713. The van der Waals surface area contributed by atoms with Gasteiger partial charge in [0.1, 0.15) is 11.8 Å². The third-order valence-corrected chi connectivity index (χ3v) is 4.12. The van der Waals surface area contributed by atoms with E-state index in [0.29, 0.717) is 31.7 Å². The molecular formula is C19H20N2O4. The van der Waals surface area contributed by atoms with Gasteiger partial charge < -0.3 is 15.2 Å². The van der Waals surface area contributed by atoms with Crippen molar-refractivity contribution in [1.82, 2.24) is 4.90 Å². The quantitative estimate of drug-likeness (QED) is 0.821. The lowest BCUT2D eigenvalue weighted by Crippen LogP contribution is -2.51. The van der Waals surface area contributed by atoms with Crippen LogP contribution in [0.2, 0.25) is 0 Å². The second-order valence-corrected chi connectivity index (χ2v) is 5.87. The summed E-state index contributed by atoms with van der Waals surface area (Å²) in [6.07, 6.45) is 0.565. The lowest BCUT2D eigenvalue weighted by molar-refractivity contribution is -0.121. The maximum Gasteiger partial charge on any atom is 0.410 e. The summed E-state index contributed by atoms with van der Waals surface area (Å²) in [4.78, 5) is 26.4. The normalized spacial score (nSPS) is 15.4. The van der Waals surface area contributed by atoms with Gasteiger partial charge in [-0.3, -0.25) is 9.69 Å². The van der Waals surface area contributed by atoms with E-state index in [4.69, 9.17) is 4.74 Å².